The monoisotopic (exact) mass is 236 g/mol. The molecule has 0 fully saturated rings. The maximum atomic E-state index is 11.8. The first kappa shape index (κ1) is 13.8. The third-order valence-corrected chi connectivity index (χ3v) is 2.41. The summed E-state index contributed by atoms with van der Waals surface area (Å²) in [6, 6.07) is 2.01. The standard InChI is InChI=1S/C14H24N2O/c1-13(2,3)15-12(17)9-11-7-8-16(10-11)14(4,5)6/h7-8,10H,9H2,1-6H3,(H,15,17). The first-order valence-corrected chi connectivity index (χ1v) is 6.06. The van der Waals surface area contributed by atoms with Gasteiger partial charge in [-0.25, -0.2) is 0 Å². The van der Waals surface area contributed by atoms with Crippen molar-refractivity contribution >= 4 is 5.91 Å². The fraction of sp³-hybridized carbons (Fsp3) is 0.643. The number of amides is 1. The lowest BCUT2D eigenvalue weighted by Crippen LogP contribution is -2.41. The Morgan fingerprint density at radius 2 is 1.82 bits per heavy atom. The number of nitrogens with zero attached hydrogens (tertiary/aromatic N) is 1. The van der Waals surface area contributed by atoms with Crippen molar-refractivity contribution in [1.29, 1.82) is 0 Å². The molecule has 0 aliphatic rings. The van der Waals surface area contributed by atoms with Gasteiger partial charge in [0.25, 0.3) is 0 Å². The zero-order chi connectivity index (χ0) is 13.3. The highest BCUT2D eigenvalue weighted by molar-refractivity contribution is 5.79. The predicted molar refractivity (Wildman–Crippen MR) is 71.0 cm³/mol. The van der Waals surface area contributed by atoms with Gasteiger partial charge < -0.3 is 9.88 Å². The molecule has 0 spiro atoms. The maximum Gasteiger partial charge on any atom is 0.224 e. The van der Waals surface area contributed by atoms with Crippen molar-refractivity contribution in [3.05, 3.63) is 24.0 Å². The Balaban J connectivity index is 2.65. The molecule has 0 saturated carbocycles. The van der Waals surface area contributed by atoms with Crippen molar-refractivity contribution in [2.75, 3.05) is 0 Å². The minimum Gasteiger partial charge on any atom is -0.351 e. The van der Waals surface area contributed by atoms with Crippen LogP contribution < -0.4 is 5.32 Å². The molecule has 0 aliphatic heterocycles. The van der Waals surface area contributed by atoms with Gasteiger partial charge >= 0.3 is 0 Å². The first-order chi connectivity index (χ1) is 7.58. The Morgan fingerprint density at radius 3 is 2.24 bits per heavy atom. The van der Waals surface area contributed by atoms with E-state index < -0.39 is 0 Å². The molecule has 0 aromatic carbocycles. The number of nitrogens with one attached hydrogen (secondary N) is 1. The summed E-state index contributed by atoms with van der Waals surface area (Å²) in [7, 11) is 0. The second-order valence-electron chi connectivity index (χ2n) is 6.57. The summed E-state index contributed by atoms with van der Waals surface area (Å²) >= 11 is 0. The van der Waals surface area contributed by atoms with Crippen LogP contribution in [0.1, 0.15) is 47.1 Å². The molecule has 0 aliphatic carbocycles. The molecule has 1 amide bonds. The largest absolute Gasteiger partial charge is 0.351 e. The second-order valence-corrected chi connectivity index (χ2v) is 6.57. The van der Waals surface area contributed by atoms with Crippen molar-refractivity contribution in [2.45, 2.75) is 59.0 Å². The van der Waals surface area contributed by atoms with Crippen molar-refractivity contribution < 1.29 is 4.79 Å². The normalized spacial score (nSPS) is 12.6. The zero-order valence-electron chi connectivity index (χ0n) is 11.8. The van der Waals surface area contributed by atoms with Gasteiger partial charge in [0.2, 0.25) is 5.91 Å². The van der Waals surface area contributed by atoms with E-state index in [9.17, 15) is 4.79 Å². The van der Waals surface area contributed by atoms with Gasteiger partial charge in [-0.2, -0.15) is 0 Å². The Bertz CT molecular complexity index is 391. The summed E-state index contributed by atoms with van der Waals surface area (Å²) in [6.07, 6.45) is 4.52. The Kier molecular flexibility index (Phi) is 3.70. The number of carbonyl (C=O) groups excluding carboxylic acids is 1. The highest BCUT2D eigenvalue weighted by Crippen LogP contribution is 2.16. The lowest BCUT2D eigenvalue weighted by atomic mass is 10.1. The number of hydrogen-bond donors (Lipinski definition) is 1. The van der Waals surface area contributed by atoms with Crippen LogP contribution in [0, 0.1) is 0 Å². The summed E-state index contributed by atoms with van der Waals surface area (Å²) in [5.41, 5.74) is 0.962. The maximum absolute atomic E-state index is 11.8. The molecule has 17 heavy (non-hydrogen) atoms. The van der Waals surface area contributed by atoms with Crippen LogP contribution in [0.4, 0.5) is 0 Å². The number of aromatic nitrogens is 1. The van der Waals surface area contributed by atoms with Gasteiger partial charge in [0.1, 0.15) is 0 Å². The second kappa shape index (κ2) is 4.55. The summed E-state index contributed by atoms with van der Waals surface area (Å²) in [5.74, 6) is 0.0733. The van der Waals surface area contributed by atoms with Crippen molar-refractivity contribution in [3.8, 4) is 0 Å². The van der Waals surface area contributed by atoms with Gasteiger partial charge in [-0.1, -0.05) is 0 Å². The molecule has 96 valence electrons. The van der Waals surface area contributed by atoms with Crippen molar-refractivity contribution in [1.82, 2.24) is 9.88 Å². The van der Waals surface area contributed by atoms with Gasteiger partial charge in [0.05, 0.1) is 6.42 Å². The van der Waals surface area contributed by atoms with Crippen LogP contribution in [0.15, 0.2) is 18.5 Å². The van der Waals surface area contributed by atoms with E-state index in [2.05, 4.69) is 30.7 Å². The van der Waals surface area contributed by atoms with Gasteiger partial charge in [0, 0.05) is 23.5 Å². The topological polar surface area (TPSA) is 34.0 Å². The predicted octanol–water partition coefficient (Wildman–Crippen LogP) is 2.70. The molecule has 1 rings (SSSR count). The molecule has 0 radical (unpaired) electrons. The van der Waals surface area contributed by atoms with E-state index in [4.69, 9.17) is 0 Å². The first-order valence-electron chi connectivity index (χ1n) is 6.06. The Labute approximate surface area is 104 Å². The average Bonchev–Trinajstić information content (AvgIpc) is 2.47. The van der Waals surface area contributed by atoms with E-state index in [0.29, 0.717) is 6.42 Å². The molecule has 0 bridgehead atoms. The highest BCUT2D eigenvalue weighted by atomic mass is 16.1. The Morgan fingerprint density at radius 1 is 1.24 bits per heavy atom. The summed E-state index contributed by atoms with van der Waals surface area (Å²) in [4.78, 5) is 11.8. The molecular formula is C14H24N2O. The molecule has 1 aromatic heterocycles. The van der Waals surface area contributed by atoms with Crippen LogP contribution in [0.2, 0.25) is 0 Å². The molecule has 0 unspecified atom stereocenters. The van der Waals surface area contributed by atoms with Crippen LogP contribution in [0.5, 0.6) is 0 Å². The quantitative estimate of drug-likeness (QED) is 0.841. The fourth-order valence-corrected chi connectivity index (χ4v) is 1.61. The zero-order valence-corrected chi connectivity index (χ0v) is 11.8. The van der Waals surface area contributed by atoms with E-state index in [1.165, 1.54) is 0 Å². The minimum atomic E-state index is -0.163. The molecule has 0 atom stereocenters. The van der Waals surface area contributed by atoms with E-state index in [1.54, 1.807) is 0 Å². The lowest BCUT2D eigenvalue weighted by Gasteiger charge is -2.21. The van der Waals surface area contributed by atoms with E-state index in [-0.39, 0.29) is 17.0 Å². The molecule has 1 aromatic rings. The average molecular weight is 236 g/mol. The fourth-order valence-electron chi connectivity index (χ4n) is 1.61. The third-order valence-electron chi connectivity index (χ3n) is 2.41. The minimum absolute atomic E-state index is 0.0682. The van der Waals surface area contributed by atoms with Crippen molar-refractivity contribution in [2.24, 2.45) is 0 Å². The molecule has 3 nitrogen and oxygen atoms in total. The van der Waals surface area contributed by atoms with Crippen LogP contribution in [-0.4, -0.2) is 16.0 Å². The third kappa shape index (κ3) is 4.63. The SMILES string of the molecule is CC(C)(C)NC(=O)Cc1ccn(C(C)(C)C)c1. The van der Waals surface area contributed by atoms with Gasteiger partial charge in [-0.3, -0.25) is 4.79 Å². The van der Waals surface area contributed by atoms with Gasteiger partial charge in [0.15, 0.2) is 0 Å². The van der Waals surface area contributed by atoms with Crippen LogP contribution >= 0.6 is 0 Å². The smallest absolute Gasteiger partial charge is 0.224 e. The summed E-state index contributed by atoms with van der Waals surface area (Å²) < 4.78 is 2.13. The highest BCUT2D eigenvalue weighted by Gasteiger charge is 2.16. The summed E-state index contributed by atoms with van der Waals surface area (Å²) in [5, 5.41) is 2.97. The van der Waals surface area contributed by atoms with Gasteiger partial charge in [-0.15, -0.1) is 0 Å². The molecule has 0 saturated heterocycles. The molecule has 1 heterocycles. The van der Waals surface area contributed by atoms with E-state index in [0.717, 1.165) is 5.56 Å². The molecular weight excluding hydrogens is 212 g/mol. The Hall–Kier alpha value is -1.25. The summed E-state index contributed by atoms with van der Waals surface area (Å²) in [6.45, 7) is 12.4. The molecule has 1 N–H and O–H groups in total. The van der Waals surface area contributed by atoms with Crippen molar-refractivity contribution in [3.63, 3.8) is 0 Å². The number of carbonyl (C=O) groups is 1. The van der Waals surface area contributed by atoms with Gasteiger partial charge in [-0.05, 0) is 53.2 Å². The van der Waals surface area contributed by atoms with Crippen LogP contribution in [-0.2, 0) is 16.8 Å². The molecule has 3 heteroatoms. The number of hydrogen-bond acceptors (Lipinski definition) is 1. The number of rotatable bonds is 2. The van der Waals surface area contributed by atoms with Crippen LogP contribution in [0.25, 0.3) is 0 Å². The van der Waals surface area contributed by atoms with Crippen LogP contribution in [0.3, 0.4) is 0 Å². The van der Waals surface area contributed by atoms with E-state index in [1.807, 2.05) is 39.2 Å². The lowest BCUT2D eigenvalue weighted by molar-refractivity contribution is -0.121. The van der Waals surface area contributed by atoms with E-state index >= 15 is 0 Å².